The quantitative estimate of drug-likeness (QED) is 0.304. The van der Waals surface area contributed by atoms with Gasteiger partial charge in [-0.25, -0.2) is 0 Å². The number of hydrogen-bond acceptors (Lipinski definition) is 6. The number of fused-ring (bicyclic) bond motifs is 1. The molecule has 8 heteroatoms. The highest BCUT2D eigenvalue weighted by Crippen LogP contribution is 2.65. The molecular weight excluding hydrogens is 460 g/mol. The molecule has 3 rings (SSSR count). The Kier molecular flexibility index (Phi) is 8.92. The van der Waals surface area contributed by atoms with Crippen molar-refractivity contribution in [1.82, 2.24) is 9.80 Å². The van der Waals surface area contributed by atoms with Crippen LogP contribution < -0.4 is 0 Å². The molecule has 8 nitrogen and oxygen atoms in total. The predicted molar refractivity (Wildman–Crippen MR) is 137 cm³/mol. The highest BCUT2D eigenvalue weighted by Gasteiger charge is 2.79. The van der Waals surface area contributed by atoms with Gasteiger partial charge in [0, 0.05) is 12.6 Å². The normalized spacial score (nSPS) is 33.2. The Morgan fingerprint density at radius 1 is 1.28 bits per heavy atom. The monoisotopic (exact) mass is 506 g/mol. The van der Waals surface area contributed by atoms with Crippen molar-refractivity contribution in [3.63, 3.8) is 0 Å². The number of likely N-dealkylation sites (tertiary alicyclic amines) is 1. The summed E-state index contributed by atoms with van der Waals surface area (Å²) < 4.78 is 12.2. The van der Waals surface area contributed by atoms with Crippen LogP contribution >= 0.6 is 0 Å². The molecular formula is C28H46N2O6. The van der Waals surface area contributed by atoms with E-state index in [0.29, 0.717) is 25.8 Å². The van der Waals surface area contributed by atoms with E-state index in [4.69, 9.17) is 9.47 Å². The highest BCUT2D eigenvalue weighted by atomic mass is 16.6. The average Bonchev–Trinajstić information content (AvgIpc) is 3.46. The Morgan fingerprint density at radius 3 is 2.50 bits per heavy atom. The van der Waals surface area contributed by atoms with Gasteiger partial charge >= 0.3 is 5.97 Å². The lowest BCUT2D eigenvalue weighted by molar-refractivity contribution is -0.164. The van der Waals surface area contributed by atoms with Gasteiger partial charge in [-0.05, 0) is 45.4 Å². The second kappa shape index (κ2) is 11.2. The first-order valence-electron chi connectivity index (χ1n) is 13.9. The van der Waals surface area contributed by atoms with Gasteiger partial charge in [-0.2, -0.15) is 0 Å². The molecule has 0 aliphatic carbocycles. The number of esters is 1. The van der Waals surface area contributed by atoms with E-state index in [1.54, 1.807) is 22.8 Å². The largest absolute Gasteiger partial charge is 0.466 e. The Bertz CT molecular complexity index is 848. The standard InChI is InChI=1S/C28H46N2O6/c1-8-13-19(7)29(16-9-2)25(33)23-28-15-14-27(11-4,36-28)22(26(34)35-12-5)21(28)24(32)30(23)20(17-31)18(6)10-3/h9,18-23,31H,2,8,10-17H2,1,3-7H3/t18-,19?,20-,21-,22-,23?,27+,28?/m0/s1. The summed E-state index contributed by atoms with van der Waals surface area (Å²) in [5.74, 6) is -2.50. The van der Waals surface area contributed by atoms with Gasteiger partial charge in [0.25, 0.3) is 0 Å². The lowest BCUT2D eigenvalue weighted by Crippen LogP contribution is -2.61. The second-order valence-electron chi connectivity index (χ2n) is 10.9. The van der Waals surface area contributed by atoms with Crippen LogP contribution in [0.25, 0.3) is 0 Å². The number of hydrogen-bond donors (Lipinski definition) is 1. The third-order valence-corrected chi connectivity index (χ3v) is 9.09. The van der Waals surface area contributed by atoms with Crippen LogP contribution in [0.15, 0.2) is 12.7 Å². The minimum atomic E-state index is -1.12. The van der Waals surface area contributed by atoms with Crippen LogP contribution in [0.3, 0.4) is 0 Å². The third-order valence-electron chi connectivity index (χ3n) is 9.09. The van der Waals surface area contributed by atoms with Crippen LogP contribution in [0, 0.1) is 17.8 Å². The van der Waals surface area contributed by atoms with E-state index in [-0.39, 0.29) is 37.0 Å². The molecule has 204 valence electrons. The molecule has 2 amide bonds. The van der Waals surface area contributed by atoms with E-state index in [1.807, 2.05) is 27.7 Å². The average molecular weight is 507 g/mol. The fourth-order valence-electron chi connectivity index (χ4n) is 7.05. The second-order valence-corrected chi connectivity index (χ2v) is 10.9. The summed E-state index contributed by atoms with van der Waals surface area (Å²) in [5.41, 5.74) is -1.94. The van der Waals surface area contributed by atoms with Gasteiger partial charge in [-0.3, -0.25) is 14.4 Å². The van der Waals surface area contributed by atoms with Crippen molar-refractivity contribution in [2.45, 2.75) is 109 Å². The van der Waals surface area contributed by atoms with Gasteiger partial charge in [0.05, 0.1) is 30.8 Å². The maximum atomic E-state index is 14.5. The summed E-state index contributed by atoms with van der Waals surface area (Å²) in [6.07, 6.45) is 5.83. The Hall–Kier alpha value is -1.93. The van der Waals surface area contributed by atoms with Crippen molar-refractivity contribution >= 4 is 17.8 Å². The number of ether oxygens (including phenoxy) is 2. The van der Waals surface area contributed by atoms with E-state index in [9.17, 15) is 19.5 Å². The number of carbonyl (C=O) groups excluding carboxylic acids is 3. The number of rotatable bonds is 13. The van der Waals surface area contributed by atoms with Crippen LogP contribution in [0.5, 0.6) is 0 Å². The molecule has 0 aromatic carbocycles. The Balaban J connectivity index is 2.18. The van der Waals surface area contributed by atoms with Gasteiger partial charge in [0.1, 0.15) is 17.6 Å². The van der Waals surface area contributed by atoms with Crippen LogP contribution in [-0.4, -0.2) is 81.8 Å². The first-order valence-corrected chi connectivity index (χ1v) is 13.9. The lowest BCUT2D eigenvalue weighted by atomic mass is 9.65. The molecule has 8 atom stereocenters. The van der Waals surface area contributed by atoms with E-state index in [1.165, 1.54) is 0 Å². The summed E-state index contributed by atoms with van der Waals surface area (Å²) >= 11 is 0. The SMILES string of the molecule is C=CCN(C(=O)C1N([C@@H](CO)[C@@H](C)CC)C(=O)[C@@H]2[C@@H](C(=O)OCC)[C@@]3(CC)CCC12O3)C(C)CCC. The zero-order chi connectivity index (χ0) is 26.8. The van der Waals surface area contributed by atoms with Gasteiger partial charge in [-0.1, -0.05) is 46.6 Å². The summed E-state index contributed by atoms with van der Waals surface area (Å²) in [6, 6.07) is -1.51. The highest BCUT2D eigenvalue weighted by molar-refractivity contribution is 5.99. The van der Waals surface area contributed by atoms with E-state index in [0.717, 1.165) is 19.3 Å². The third kappa shape index (κ3) is 4.28. The predicted octanol–water partition coefficient (Wildman–Crippen LogP) is 3.31. The molecule has 36 heavy (non-hydrogen) atoms. The number of aliphatic hydroxyl groups excluding tert-OH is 1. The van der Waals surface area contributed by atoms with Crippen molar-refractivity contribution in [2.24, 2.45) is 17.8 Å². The zero-order valence-electron chi connectivity index (χ0n) is 23.0. The molecule has 0 saturated carbocycles. The number of carbonyl (C=O) groups is 3. The molecule has 0 aromatic rings. The maximum absolute atomic E-state index is 14.5. The summed E-state index contributed by atoms with van der Waals surface area (Å²) in [4.78, 5) is 45.4. The van der Waals surface area contributed by atoms with Crippen LogP contribution in [0.2, 0.25) is 0 Å². The first-order chi connectivity index (χ1) is 17.1. The number of amides is 2. The van der Waals surface area contributed by atoms with E-state index >= 15 is 0 Å². The fraction of sp³-hybridized carbons (Fsp3) is 0.821. The number of aliphatic hydroxyl groups is 1. The molecule has 3 aliphatic heterocycles. The van der Waals surface area contributed by atoms with Crippen molar-refractivity contribution in [2.75, 3.05) is 19.8 Å². The van der Waals surface area contributed by atoms with Crippen molar-refractivity contribution < 1.29 is 29.0 Å². The fourth-order valence-corrected chi connectivity index (χ4v) is 7.05. The Morgan fingerprint density at radius 2 is 1.97 bits per heavy atom. The molecule has 3 heterocycles. The van der Waals surface area contributed by atoms with Crippen molar-refractivity contribution in [3.05, 3.63) is 12.7 Å². The molecule has 0 aromatic heterocycles. The van der Waals surface area contributed by atoms with E-state index in [2.05, 4.69) is 13.5 Å². The maximum Gasteiger partial charge on any atom is 0.312 e. The van der Waals surface area contributed by atoms with Crippen LogP contribution in [-0.2, 0) is 23.9 Å². The Labute approximate surface area is 216 Å². The van der Waals surface area contributed by atoms with Crippen LogP contribution in [0.4, 0.5) is 0 Å². The smallest absolute Gasteiger partial charge is 0.312 e. The first kappa shape index (κ1) is 28.6. The lowest BCUT2D eigenvalue weighted by Gasteiger charge is -2.42. The molecule has 0 radical (unpaired) electrons. The van der Waals surface area contributed by atoms with Crippen LogP contribution in [0.1, 0.15) is 80.1 Å². The van der Waals surface area contributed by atoms with E-state index < -0.39 is 41.1 Å². The van der Waals surface area contributed by atoms with Gasteiger partial charge in [-0.15, -0.1) is 6.58 Å². The molecule has 1 N–H and O–H groups in total. The molecule has 1 spiro atoms. The van der Waals surface area contributed by atoms with Crippen molar-refractivity contribution in [1.29, 1.82) is 0 Å². The molecule has 3 aliphatic rings. The zero-order valence-corrected chi connectivity index (χ0v) is 23.0. The molecule has 2 bridgehead atoms. The van der Waals surface area contributed by atoms with Gasteiger partial charge in [0.15, 0.2) is 0 Å². The minimum Gasteiger partial charge on any atom is -0.466 e. The van der Waals surface area contributed by atoms with Gasteiger partial charge in [0.2, 0.25) is 11.8 Å². The molecule has 3 fully saturated rings. The molecule has 3 saturated heterocycles. The summed E-state index contributed by atoms with van der Waals surface area (Å²) in [5, 5.41) is 10.5. The summed E-state index contributed by atoms with van der Waals surface area (Å²) in [6.45, 7) is 16.0. The summed E-state index contributed by atoms with van der Waals surface area (Å²) in [7, 11) is 0. The molecule has 3 unspecified atom stereocenters. The van der Waals surface area contributed by atoms with Crippen molar-refractivity contribution in [3.8, 4) is 0 Å². The minimum absolute atomic E-state index is 0.0382. The topological polar surface area (TPSA) is 96.4 Å². The van der Waals surface area contributed by atoms with Gasteiger partial charge < -0.3 is 24.4 Å². The number of nitrogens with zero attached hydrogens (tertiary/aromatic N) is 2.